The summed E-state index contributed by atoms with van der Waals surface area (Å²) in [5.41, 5.74) is 3.40. The van der Waals surface area contributed by atoms with Crippen molar-refractivity contribution in [3.8, 4) is 5.75 Å². The molecule has 1 amide bonds. The van der Waals surface area contributed by atoms with Gasteiger partial charge in [-0.05, 0) is 49.2 Å². The van der Waals surface area contributed by atoms with Crippen molar-refractivity contribution in [2.24, 2.45) is 0 Å². The smallest absolute Gasteiger partial charge is 0.223 e. The number of nitrogens with one attached hydrogen (secondary N) is 1. The molecule has 0 saturated heterocycles. The quantitative estimate of drug-likeness (QED) is 0.850. The second kappa shape index (κ2) is 6.97. The van der Waals surface area contributed by atoms with Crippen molar-refractivity contribution in [3.63, 3.8) is 0 Å². The van der Waals surface area contributed by atoms with E-state index in [1.54, 1.807) is 25.0 Å². The van der Waals surface area contributed by atoms with E-state index in [0.29, 0.717) is 17.9 Å². The van der Waals surface area contributed by atoms with Crippen LogP contribution in [0.25, 0.3) is 0 Å². The molecule has 3 rings (SSSR count). The summed E-state index contributed by atoms with van der Waals surface area (Å²) < 4.78 is 5.32. The molecule has 1 aliphatic heterocycles. The fourth-order valence-corrected chi connectivity index (χ4v) is 3.19. The summed E-state index contributed by atoms with van der Waals surface area (Å²) >= 11 is 0. The summed E-state index contributed by atoms with van der Waals surface area (Å²) in [7, 11) is 1.61. The van der Waals surface area contributed by atoms with Gasteiger partial charge < -0.3 is 15.0 Å². The van der Waals surface area contributed by atoms with Crippen LogP contribution in [-0.2, 0) is 11.2 Å². The monoisotopic (exact) mass is 338 g/mol. The van der Waals surface area contributed by atoms with E-state index in [-0.39, 0.29) is 17.7 Å². The van der Waals surface area contributed by atoms with Crippen molar-refractivity contribution < 1.29 is 14.3 Å². The molecule has 1 N–H and O–H groups in total. The predicted octanol–water partition coefficient (Wildman–Crippen LogP) is 3.29. The third-order valence-corrected chi connectivity index (χ3v) is 4.51. The SMILES string of the molecule is COc1ccccc1NC(C)C(=O)c1ccc2c(c1)CCN2C(C)=O. The number of para-hydroxylation sites is 2. The van der Waals surface area contributed by atoms with E-state index >= 15 is 0 Å². The minimum atomic E-state index is -0.389. The van der Waals surface area contributed by atoms with Crippen molar-refractivity contribution in [3.05, 3.63) is 53.6 Å². The number of ketones is 1. The van der Waals surface area contributed by atoms with E-state index in [4.69, 9.17) is 4.74 Å². The van der Waals surface area contributed by atoms with Gasteiger partial charge in [-0.25, -0.2) is 0 Å². The third-order valence-electron chi connectivity index (χ3n) is 4.51. The molecule has 0 fully saturated rings. The average Bonchev–Trinajstić information content (AvgIpc) is 3.04. The van der Waals surface area contributed by atoms with Gasteiger partial charge in [-0.2, -0.15) is 0 Å². The highest BCUT2D eigenvalue weighted by atomic mass is 16.5. The van der Waals surface area contributed by atoms with Crippen LogP contribution in [0.15, 0.2) is 42.5 Å². The first-order valence-electron chi connectivity index (χ1n) is 8.36. The summed E-state index contributed by atoms with van der Waals surface area (Å²) in [4.78, 5) is 26.2. The van der Waals surface area contributed by atoms with Gasteiger partial charge in [-0.1, -0.05) is 12.1 Å². The van der Waals surface area contributed by atoms with Gasteiger partial charge in [0, 0.05) is 24.7 Å². The number of methoxy groups -OCH3 is 1. The zero-order valence-electron chi connectivity index (χ0n) is 14.7. The number of Topliss-reactive ketones (excluding diaryl/α,β-unsaturated/α-hetero) is 1. The van der Waals surface area contributed by atoms with Crippen LogP contribution in [0.3, 0.4) is 0 Å². The Morgan fingerprint density at radius 3 is 2.68 bits per heavy atom. The van der Waals surface area contributed by atoms with E-state index in [9.17, 15) is 9.59 Å². The second-order valence-electron chi connectivity index (χ2n) is 6.19. The number of anilines is 2. The van der Waals surface area contributed by atoms with E-state index in [1.807, 2.05) is 43.3 Å². The number of fused-ring (bicyclic) bond motifs is 1. The van der Waals surface area contributed by atoms with Crippen LogP contribution < -0.4 is 15.0 Å². The lowest BCUT2D eigenvalue weighted by molar-refractivity contribution is -0.116. The van der Waals surface area contributed by atoms with E-state index in [0.717, 1.165) is 23.4 Å². The Labute approximate surface area is 147 Å². The maximum absolute atomic E-state index is 12.8. The van der Waals surface area contributed by atoms with Gasteiger partial charge in [0.05, 0.1) is 18.8 Å². The van der Waals surface area contributed by atoms with Gasteiger partial charge in [0.1, 0.15) is 5.75 Å². The third kappa shape index (κ3) is 3.36. The lowest BCUT2D eigenvalue weighted by Gasteiger charge is -2.18. The van der Waals surface area contributed by atoms with Crippen molar-refractivity contribution in [1.82, 2.24) is 0 Å². The Balaban J connectivity index is 1.78. The number of hydrogen-bond acceptors (Lipinski definition) is 4. The molecule has 1 unspecified atom stereocenters. The Morgan fingerprint density at radius 2 is 1.96 bits per heavy atom. The lowest BCUT2D eigenvalue weighted by Crippen LogP contribution is -2.27. The Kier molecular flexibility index (Phi) is 4.74. The maximum Gasteiger partial charge on any atom is 0.223 e. The minimum absolute atomic E-state index is 0.00924. The zero-order chi connectivity index (χ0) is 18.0. The zero-order valence-corrected chi connectivity index (χ0v) is 14.7. The minimum Gasteiger partial charge on any atom is -0.495 e. The van der Waals surface area contributed by atoms with Gasteiger partial charge in [0.2, 0.25) is 5.91 Å². The van der Waals surface area contributed by atoms with Crippen LogP contribution in [0.2, 0.25) is 0 Å². The summed E-state index contributed by atoms with van der Waals surface area (Å²) in [6, 6.07) is 12.7. The molecule has 5 nitrogen and oxygen atoms in total. The molecular weight excluding hydrogens is 316 g/mol. The summed E-state index contributed by atoms with van der Waals surface area (Å²) in [6.07, 6.45) is 0.782. The number of carbonyl (C=O) groups is 2. The van der Waals surface area contributed by atoms with Crippen molar-refractivity contribution in [2.45, 2.75) is 26.3 Å². The van der Waals surface area contributed by atoms with E-state index in [2.05, 4.69) is 5.32 Å². The molecule has 0 radical (unpaired) electrons. The fraction of sp³-hybridized carbons (Fsp3) is 0.300. The first-order chi connectivity index (χ1) is 12.0. The normalized spacial score (nSPS) is 14.0. The fourth-order valence-electron chi connectivity index (χ4n) is 3.19. The predicted molar refractivity (Wildman–Crippen MR) is 98.6 cm³/mol. The number of rotatable bonds is 5. The standard InChI is InChI=1S/C20H22N2O3/c1-13(21-17-6-4-5-7-19(17)25-3)20(24)16-8-9-18-15(12-16)10-11-22(18)14(2)23/h4-9,12-13,21H,10-11H2,1-3H3. The van der Waals surface area contributed by atoms with Crippen molar-refractivity contribution in [2.75, 3.05) is 23.9 Å². The molecule has 0 bridgehead atoms. The molecule has 0 saturated carbocycles. The van der Waals surface area contributed by atoms with Crippen LogP contribution in [0.1, 0.15) is 29.8 Å². The van der Waals surface area contributed by atoms with E-state index < -0.39 is 0 Å². The highest BCUT2D eigenvalue weighted by Gasteiger charge is 2.24. The molecule has 25 heavy (non-hydrogen) atoms. The lowest BCUT2D eigenvalue weighted by atomic mass is 10.0. The van der Waals surface area contributed by atoms with Gasteiger partial charge >= 0.3 is 0 Å². The molecular formula is C20H22N2O3. The molecule has 0 spiro atoms. The molecule has 1 heterocycles. The van der Waals surface area contributed by atoms with Gasteiger partial charge in [0.25, 0.3) is 0 Å². The molecule has 2 aromatic rings. The van der Waals surface area contributed by atoms with Crippen molar-refractivity contribution in [1.29, 1.82) is 0 Å². The second-order valence-corrected chi connectivity index (χ2v) is 6.19. The highest BCUT2D eigenvalue weighted by Crippen LogP contribution is 2.30. The van der Waals surface area contributed by atoms with Crippen LogP contribution >= 0.6 is 0 Å². The Morgan fingerprint density at radius 1 is 1.20 bits per heavy atom. The number of hydrogen-bond donors (Lipinski definition) is 1. The molecule has 5 heteroatoms. The van der Waals surface area contributed by atoms with E-state index in [1.165, 1.54) is 0 Å². The Bertz CT molecular complexity index is 816. The topological polar surface area (TPSA) is 58.6 Å². The number of nitrogens with zero attached hydrogens (tertiary/aromatic N) is 1. The largest absolute Gasteiger partial charge is 0.495 e. The molecule has 1 aliphatic rings. The first-order valence-corrected chi connectivity index (χ1v) is 8.36. The molecule has 0 aliphatic carbocycles. The number of carbonyl (C=O) groups excluding carboxylic acids is 2. The summed E-state index contributed by atoms with van der Waals surface area (Å²) in [5, 5.41) is 3.22. The molecule has 1 atom stereocenters. The van der Waals surface area contributed by atoms with Crippen LogP contribution in [0, 0.1) is 0 Å². The van der Waals surface area contributed by atoms with Crippen LogP contribution in [0.4, 0.5) is 11.4 Å². The molecule has 130 valence electrons. The number of benzene rings is 2. The van der Waals surface area contributed by atoms with Gasteiger partial charge in [-0.15, -0.1) is 0 Å². The summed E-state index contributed by atoms with van der Waals surface area (Å²) in [6.45, 7) is 4.08. The number of amides is 1. The summed E-state index contributed by atoms with van der Waals surface area (Å²) in [5.74, 6) is 0.743. The van der Waals surface area contributed by atoms with Crippen LogP contribution in [0.5, 0.6) is 5.75 Å². The number of ether oxygens (including phenoxy) is 1. The van der Waals surface area contributed by atoms with Crippen molar-refractivity contribution >= 4 is 23.1 Å². The molecule has 2 aromatic carbocycles. The molecule has 0 aromatic heterocycles. The van der Waals surface area contributed by atoms with Gasteiger partial charge in [-0.3, -0.25) is 9.59 Å². The highest BCUT2D eigenvalue weighted by molar-refractivity contribution is 6.03. The maximum atomic E-state index is 12.8. The average molecular weight is 338 g/mol. The van der Waals surface area contributed by atoms with Gasteiger partial charge in [0.15, 0.2) is 5.78 Å². The first kappa shape index (κ1) is 17.0. The van der Waals surface area contributed by atoms with Crippen LogP contribution in [-0.4, -0.2) is 31.4 Å². The Hall–Kier alpha value is -2.82.